The Balaban J connectivity index is 1.63. The molecule has 29 heavy (non-hydrogen) atoms. The fourth-order valence-electron chi connectivity index (χ4n) is 2.90. The standard InChI is InChI=1S/C24H25NO4/c1-17-4-9-21(10-5-17)29-15-14-24(26)25-19-8-13-23(28-3)22(16-19)18-6-11-20(27-2)12-7-18/h4-13,16H,14-15H2,1-3H3,(H,25,26). The maximum atomic E-state index is 12.3. The van der Waals surface area contributed by atoms with E-state index < -0.39 is 0 Å². The van der Waals surface area contributed by atoms with Crippen molar-refractivity contribution in [1.29, 1.82) is 0 Å². The van der Waals surface area contributed by atoms with Crippen molar-refractivity contribution in [2.24, 2.45) is 0 Å². The molecule has 0 bridgehead atoms. The third-order valence-corrected chi connectivity index (χ3v) is 4.50. The molecule has 0 aliphatic carbocycles. The first kappa shape index (κ1) is 20.3. The Labute approximate surface area is 171 Å². The van der Waals surface area contributed by atoms with Gasteiger partial charge in [-0.3, -0.25) is 4.79 Å². The topological polar surface area (TPSA) is 56.8 Å². The fraction of sp³-hybridized carbons (Fsp3) is 0.208. The van der Waals surface area contributed by atoms with Crippen LogP contribution < -0.4 is 19.5 Å². The molecule has 1 amide bonds. The van der Waals surface area contributed by atoms with Crippen LogP contribution in [-0.2, 0) is 4.79 Å². The third-order valence-electron chi connectivity index (χ3n) is 4.50. The molecule has 0 saturated heterocycles. The number of aryl methyl sites for hydroxylation is 1. The molecule has 3 rings (SSSR count). The highest BCUT2D eigenvalue weighted by Crippen LogP contribution is 2.33. The molecule has 1 N–H and O–H groups in total. The van der Waals surface area contributed by atoms with Gasteiger partial charge in [-0.25, -0.2) is 0 Å². The second kappa shape index (κ2) is 9.64. The molecular formula is C24H25NO4. The second-order valence-corrected chi connectivity index (χ2v) is 6.60. The van der Waals surface area contributed by atoms with E-state index in [1.807, 2.05) is 73.7 Å². The molecule has 0 aliphatic heterocycles. The van der Waals surface area contributed by atoms with Gasteiger partial charge in [-0.2, -0.15) is 0 Å². The van der Waals surface area contributed by atoms with E-state index in [1.54, 1.807) is 14.2 Å². The van der Waals surface area contributed by atoms with Crippen molar-refractivity contribution in [2.45, 2.75) is 13.3 Å². The summed E-state index contributed by atoms with van der Waals surface area (Å²) in [6.45, 7) is 2.34. The van der Waals surface area contributed by atoms with Crippen LogP contribution in [0.25, 0.3) is 11.1 Å². The van der Waals surface area contributed by atoms with Gasteiger partial charge in [0.1, 0.15) is 17.2 Å². The summed E-state index contributed by atoms with van der Waals surface area (Å²) in [5.41, 5.74) is 3.74. The Bertz CT molecular complexity index is 950. The maximum Gasteiger partial charge on any atom is 0.227 e. The monoisotopic (exact) mass is 391 g/mol. The molecule has 0 unspecified atom stereocenters. The average molecular weight is 391 g/mol. The van der Waals surface area contributed by atoms with Crippen LogP contribution in [0.1, 0.15) is 12.0 Å². The number of hydrogen-bond donors (Lipinski definition) is 1. The molecule has 0 fully saturated rings. The molecule has 0 saturated carbocycles. The van der Waals surface area contributed by atoms with Crippen LogP contribution in [0, 0.1) is 6.92 Å². The van der Waals surface area contributed by atoms with Gasteiger partial charge in [0.15, 0.2) is 0 Å². The number of rotatable bonds is 8. The molecule has 150 valence electrons. The highest BCUT2D eigenvalue weighted by atomic mass is 16.5. The number of carbonyl (C=O) groups is 1. The van der Waals surface area contributed by atoms with E-state index >= 15 is 0 Å². The number of ether oxygens (including phenoxy) is 3. The van der Waals surface area contributed by atoms with Crippen molar-refractivity contribution in [3.05, 3.63) is 72.3 Å². The van der Waals surface area contributed by atoms with Gasteiger partial charge in [0.05, 0.1) is 27.2 Å². The predicted molar refractivity (Wildman–Crippen MR) is 115 cm³/mol. The van der Waals surface area contributed by atoms with Crippen LogP contribution in [-0.4, -0.2) is 26.7 Å². The van der Waals surface area contributed by atoms with E-state index in [0.717, 1.165) is 28.4 Å². The molecule has 0 aliphatic rings. The van der Waals surface area contributed by atoms with Crippen molar-refractivity contribution in [3.63, 3.8) is 0 Å². The highest BCUT2D eigenvalue weighted by Gasteiger charge is 2.10. The Morgan fingerprint density at radius 3 is 2.21 bits per heavy atom. The van der Waals surface area contributed by atoms with Gasteiger partial charge in [-0.15, -0.1) is 0 Å². The highest BCUT2D eigenvalue weighted by molar-refractivity contribution is 5.92. The zero-order chi connectivity index (χ0) is 20.6. The van der Waals surface area contributed by atoms with Gasteiger partial charge >= 0.3 is 0 Å². The summed E-state index contributed by atoms with van der Waals surface area (Å²) in [6, 6.07) is 21.0. The number of anilines is 1. The number of hydrogen-bond acceptors (Lipinski definition) is 4. The normalized spacial score (nSPS) is 10.3. The van der Waals surface area contributed by atoms with Crippen molar-refractivity contribution in [3.8, 4) is 28.4 Å². The molecule has 0 heterocycles. The molecule has 3 aromatic carbocycles. The summed E-state index contributed by atoms with van der Waals surface area (Å²) in [5, 5.41) is 2.92. The lowest BCUT2D eigenvalue weighted by Gasteiger charge is -2.13. The first-order valence-electron chi connectivity index (χ1n) is 9.41. The van der Waals surface area contributed by atoms with Gasteiger partial charge in [-0.1, -0.05) is 29.8 Å². The molecule has 0 aromatic heterocycles. The molecule has 0 atom stereocenters. The van der Waals surface area contributed by atoms with Gasteiger partial charge in [0, 0.05) is 11.3 Å². The van der Waals surface area contributed by atoms with Gasteiger partial charge in [-0.05, 0) is 55.0 Å². The van der Waals surface area contributed by atoms with Crippen LogP contribution in [0.5, 0.6) is 17.2 Å². The lowest BCUT2D eigenvalue weighted by atomic mass is 10.0. The summed E-state index contributed by atoms with van der Waals surface area (Å²) in [5.74, 6) is 2.17. The predicted octanol–water partition coefficient (Wildman–Crippen LogP) is 5.09. The van der Waals surface area contributed by atoms with Crippen molar-refractivity contribution >= 4 is 11.6 Å². The molecule has 0 spiro atoms. The lowest BCUT2D eigenvalue weighted by molar-refractivity contribution is -0.116. The van der Waals surface area contributed by atoms with Gasteiger partial charge in [0.25, 0.3) is 0 Å². The SMILES string of the molecule is COc1ccc(-c2cc(NC(=O)CCOc3ccc(C)cc3)ccc2OC)cc1. The van der Waals surface area contributed by atoms with Crippen LogP contribution in [0.4, 0.5) is 5.69 Å². The molecule has 5 heteroatoms. The fourth-order valence-corrected chi connectivity index (χ4v) is 2.90. The Kier molecular flexibility index (Phi) is 6.74. The van der Waals surface area contributed by atoms with Crippen molar-refractivity contribution in [1.82, 2.24) is 0 Å². The van der Waals surface area contributed by atoms with E-state index in [2.05, 4.69) is 5.32 Å². The molecule has 3 aromatic rings. The second-order valence-electron chi connectivity index (χ2n) is 6.60. The van der Waals surface area contributed by atoms with Crippen LogP contribution >= 0.6 is 0 Å². The minimum Gasteiger partial charge on any atom is -0.497 e. The first-order chi connectivity index (χ1) is 14.1. The zero-order valence-corrected chi connectivity index (χ0v) is 16.9. The largest absolute Gasteiger partial charge is 0.497 e. The first-order valence-corrected chi connectivity index (χ1v) is 9.41. The van der Waals surface area contributed by atoms with Crippen molar-refractivity contribution in [2.75, 3.05) is 26.1 Å². The van der Waals surface area contributed by atoms with Crippen LogP contribution in [0.15, 0.2) is 66.7 Å². The smallest absolute Gasteiger partial charge is 0.227 e. The zero-order valence-electron chi connectivity index (χ0n) is 16.9. The van der Waals surface area contributed by atoms with Crippen LogP contribution in [0.3, 0.4) is 0 Å². The van der Waals surface area contributed by atoms with E-state index in [0.29, 0.717) is 12.3 Å². The summed E-state index contributed by atoms with van der Waals surface area (Å²) in [4.78, 5) is 12.3. The average Bonchev–Trinajstić information content (AvgIpc) is 2.75. The number of benzene rings is 3. The summed E-state index contributed by atoms with van der Waals surface area (Å²) >= 11 is 0. The minimum atomic E-state index is -0.108. The quantitative estimate of drug-likeness (QED) is 0.581. The number of methoxy groups -OCH3 is 2. The van der Waals surface area contributed by atoms with Gasteiger partial charge in [0.2, 0.25) is 5.91 Å². The molecule has 5 nitrogen and oxygen atoms in total. The Hall–Kier alpha value is -3.47. The van der Waals surface area contributed by atoms with Gasteiger partial charge < -0.3 is 19.5 Å². The van der Waals surface area contributed by atoms with E-state index in [1.165, 1.54) is 5.56 Å². The Morgan fingerprint density at radius 1 is 0.862 bits per heavy atom. The van der Waals surface area contributed by atoms with E-state index in [-0.39, 0.29) is 12.3 Å². The summed E-state index contributed by atoms with van der Waals surface area (Å²) < 4.78 is 16.3. The van der Waals surface area contributed by atoms with Crippen molar-refractivity contribution < 1.29 is 19.0 Å². The minimum absolute atomic E-state index is 0.108. The molecule has 0 radical (unpaired) electrons. The number of carbonyl (C=O) groups excluding carboxylic acids is 1. The van der Waals surface area contributed by atoms with E-state index in [4.69, 9.17) is 14.2 Å². The third kappa shape index (κ3) is 5.51. The summed E-state index contributed by atoms with van der Waals surface area (Å²) in [7, 11) is 3.26. The van der Waals surface area contributed by atoms with E-state index in [9.17, 15) is 4.79 Å². The number of amides is 1. The maximum absolute atomic E-state index is 12.3. The van der Waals surface area contributed by atoms with Crippen LogP contribution in [0.2, 0.25) is 0 Å². The number of nitrogens with one attached hydrogen (secondary N) is 1. The summed E-state index contributed by atoms with van der Waals surface area (Å²) in [6.07, 6.45) is 0.262. The molecular weight excluding hydrogens is 366 g/mol. The lowest BCUT2D eigenvalue weighted by Crippen LogP contribution is -2.15. The Morgan fingerprint density at radius 2 is 1.55 bits per heavy atom.